The van der Waals surface area contributed by atoms with Gasteiger partial charge in [-0.2, -0.15) is 0 Å². The van der Waals surface area contributed by atoms with Gasteiger partial charge in [0.05, 0.1) is 0 Å². The van der Waals surface area contributed by atoms with Gasteiger partial charge in [-0.25, -0.2) is 4.39 Å². The van der Waals surface area contributed by atoms with E-state index in [0.29, 0.717) is 11.3 Å². The van der Waals surface area contributed by atoms with Crippen LogP contribution in [0.25, 0.3) is 0 Å². The zero-order valence-corrected chi connectivity index (χ0v) is 11.1. The van der Waals surface area contributed by atoms with Gasteiger partial charge in [0.1, 0.15) is 24.3 Å². The molecule has 2 aromatic rings. The number of hydrogen-bond donors (Lipinski definition) is 1. The number of ether oxygens (including phenoxy) is 1. The fourth-order valence-corrected chi connectivity index (χ4v) is 1.92. The lowest BCUT2D eigenvalue weighted by molar-refractivity contribution is 0.108. The van der Waals surface area contributed by atoms with Crippen LogP contribution in [0.4, 0.5) is 4.39 Å². The Labute approximate surface area is 113 Å². The molecule has 0 radical (unpaired) electrons. The van der Waals surface area contributed by atoms with Crippen molar-refractivity contribution in [3.8, 4) is 5.75 Å². The van der Waals surface area contributed by atoms with Crippen molar-refractivity contribution in [1.82, 2.24) is 0 Å². The van der Waals surface area contributed by atoms with Crippen molar-refractivity contribution in [3.63, 3.8) is 0 Å². The van der Waals surface area contributed by atoms with Crippen molar-refractivity contribution in [2.45, 2.75) is 6.10 Å². The van der Waals surface area contributed by atoms with Gasteiger partial charge in [-0.1, -0.05) is 34.1 Å². The molecule has 0 spiro atoms. The summed E-state index contributed by atoms with van der Waals surface area (Å²) >= 11 is 3.33. The highest BCUT2D eigenvalue weighted by Gasteiger charge is 2.09. The van der Waals surface area contributed by atoms with Crippen molar-refractivity contribution in [2.75, 3.05) is 6.61 Å². The first kappa shape index (κ1) is 13.1. The molecule has 0 aliphatic carbocycles. The summed E-state index contributed by atoms with van der Waals surface area (Å²) in [5.41, 5.74) is 0.505. The molecular weight excluding hydrogens is 299 g/mol. The number of rotatable bonds is 4. The maximum absolute atomic E-state index is 13.0. The van der Waals surface area contributed by atoms with Gasteiger partial charge in [-0.15, -0.1) is 0 Å². The van der Waals surface area contributed by atoms with E-state index < -0.39 is 6.10 Å². The van der Waals surface area contributed by atoms with Crippen LogP contribution in [0.15, 0.2) is 53.0 Å². The molecule has 1 N–H and O–H groups in total. The standard InChI is InChI=1S/C14H12BrFO2/c15-11-4-2-6-13(8-11)18-9-14(17)10-3-1-5-12(16)7-10/h1-8,14,17H,9H2. The Morgan fingerprint density at radius 1 is 1.17 bits per heavy atom. The lowest BCUT2D eigenvalue weighted by Gasteiger charge is -2.12. The van der Waals surface area contributed by atoms with Crippen LogP contribution < -0.4 is 4.74 Å². The zero-order valence-electron chi connectivity index (χ0n) is 9.51. The van der Waals surface area contributed by atoms with E-state index in [4.69, 9.17) is 4.74 Å². The van der Waals surface area contributed by atoms with Gasteiger partial charge < -0.3 is 9.84 Å². The summed E-state index contributed by atoms with van der Waals surface area (Å²) in [7, 11) is 0. The first-order valence-corrected chi connectivity index (χ1v) is 6.26. The van der Waals surface area contributed by atoms with Gasteiger partial charge in [-0.3, -0.25) is 0 Å². The van der Waals surface area contributed by atoms with Crippen LogP contribution in [0.1, 0.15) is 11.7 Å². The summed E-state index contributed by atoms with van der Waals surface area (Å²) in [6, 6.07) is 13.2. The number of hydrogen-bond acceptors (Lipinski definition) is 2. The SMILES string of the molecule is OC(COc1cccc(Br)c1)c1cccc(F)c1. The average molecular weight is 311 g/mol. The fourth-order valence-electron chi connectivity index (χ4n) is 1.54. The van der Waals surface area contributed by atoms with Gasteiger partial charge in [0.25, 0.3) is 0 Å². The van der Waals surface area contributed by atoms with Crippen molar-refractivity contribution >= 4 is 15.9 Å². The normalized spacial score (nSPS) is 12.2. The first-order valence-electron chi connectivity index (χ1n) is 5.47. The molecule has 1 unspecified atom stereocenters. The maximum atomic E-state index is 13.0. The third-order valence-corrected chi connectivity index (χ3v) is 2.93. The van der Waals surface area contributed by atoms with Crippen molar-refractivity contribution in [1.29, 1.82) is 0 Å². The van der Waals surface area contributed by atoms with E-state index in [0.717, 1.165) is 4.47 Å². The summed E-state index contributed by atoms with van der Waals surface area (Å²) in [5, 5.41) is 9.87. The van der Waals surface area contributed by atoms with E-state index in [-0.39, 0.29) is 12.4 Å². The molecule has 0 amide bonds. The highest BCUT2D eigenvalue weighted by atomic mass is 79.9. The second-order valence-corrected chi connectivity index (χ2v) is 4.75. The predicted molar refractivity (Wildman–Crippen MR) is 71.0 cm³/mol. The molecule has 0 aliphatic heterocycles. The van der Waals surface area contributed by atoms with Crippen LogP contribution in [0.3, 0.4) is 0 Å². The monoisotopic (exact) mass is 310 g/mol. The molecule has 2 rings (SSSR count). The molecule has 0 heterocycles. The minimum atomic E-state index is -0.848. The minimum absolute atomic E-state index is 0.0832. The van der Waals surface area contributed by atoms with Gasteiger partial charge in [-0.05, 0) is 35.9 Å². The molecule has 0 bridgehead atoms. The van der Waals surface area contributed by atoms with E-state index in [1.54, 1.807) is 24.3 Å². The Bertz CT molecular complexity index is 531. The summed E-state index contributed by atoms with van der Waals surface area (Å²) < 4.78 is 19.3. The molecule has 0 aliphatic rings. The molecular formula is C14H12BrFO2. The number of aliphatic hydroxyl groups is 1. The predicted octanol–water partition coefficient (Wildman–Crippen LogP) is 3.70. The molecule has 94 valence electrons. The van der Waals surface area contributed by atoms with Gasteiger partial charge in [0.2, 0.25) is 0 Å². The van der Waals surface area contributed by atoms with Crippen molar-refractivity contribution < 1.29 is 14.2 Å². The summed E-state index contributed by atoms with van der Waals surface area (Å²) in [6.07, 6.45) is -0.848. The fraction of sp³-hybridized carbons (Fsp3) is 0.143. The van der Waals surface area contributed by atoms with E-state index in [2.05, 4.69) is 15.9 Å². The topological polar surface area (TPSA) is 29.5 Å². The molecule has 2 aromatic carbocycles. The maximum Gasteiger partial charge on any atom is 0.123 e. The lowest BCUT2D eigenvalue weighted by atomic mass is 10.1. The van der Waals surface area contributed by atoms with Gasteiger partial charge >= 0.3 is 0 Å². The van der Waals surface area contributed by atoms with E-state index >= 15 is 0 Å². The highest BCUT2D eigenvalue weighted by Crippen LogP contribution is 2.20. The largest absolute Gasteiger partial charge is 0.490 e. The minimum Gasteiger partial charge on any atom is -0.490 e. The molecule has 1 atom stereocenters. The number of aliphatic hydroxyl groups excluding tert-OH is 1. The van der Waals surface area contributed by atoms with Crippen LogP contribution in [0.2, 0.25) is 0 Å². The molecule has 2 nitrogen and oxygen atoms in total. The highest BCUT2D eigenvalue weighted by molar-refractivity contribution is 9.10. The van der Waals surface area contributed by atoms with Crippen LogP contribution in [-0.4, -0.2) is 11.7 Å². The Kier molecular flexibility index (Phi) is 4.33. The Hall–Kier alpha value is -1.39. The molecule has 0 fully saturated rings. The van der Waals surface area contributed by atoms with E-state index in [1.807, 2.05) is 12.1 Å². The zero-order chi connectivity index (χ0) is 13.0. The Morgan fingerprint density at radius 2 is 1.94 bits per heavy atom. The molecule has 0 aromatic heterocycles. The summed E-state index contributed by atoms with van der Waals surface area (Å²) in [6.45, 7) is 0.0832. The third kappa shape index (κ3) is 3.55. The second kappa shape index (κ2) is 5.98. The van der Waals surface area contributed by atoms with Crippen molar-refractivity contribution in [2.24, 2.45) is 0 Å². The average Bonchev–Trinajstić information content (AvgIpc) is 2.36. The molecule has 4 heteroatoms. The number of benzene rings is 2. The van der Waals surface area contributed by atoms with Crippen LogP contribution in [0, 0.1) is 5.82 Å². The van der Waals surface area contributed by atoms with Crippen molar-refractivity contribution in [3.05, 3.63) is 64.4 Å². The first-order chi connectivity index (χ1) is 8.65. The quantitative estimate of drug-likeness (QED) is 0.933. The summed E-state index contributed by atoms with van der Waals surface area (Å²) in [5.74, 6) is 0.286. The molecule has 18 heavy (non-hydrogen) atoms. The van der Waals surface area contributed by atoms with Crippen LogP contribution in [-0.2, 0) is 0 Å². The number of halogens is 2. The smallest absolute Gasteiger partial charge is 0.123 e. The third-order valence-electron chi connectivity index (χ3n) is 2.44. The molecule has 0 saturated carbocycles. The second-order valence-electron chi connectivity index (χ2n) is 3.84. The van der Waals surface area contributed by atoms with Crippen LogP contribution >= 0.6 is 15.9 Å². The molecule has 0 saturated heterocycles. The van der Waals surface area contributed by atoms with E-state index in [1.165, 1.54) is 12.1 Å². The lowest BCUT2D eigenvalue weighted by Crippen LogP contribution is -2.09. The van der Waals surface area contributed by atoms with Gasteiger partial charge in [0, 0.05) is 4.47 Å². The van der Waals surface area contributed by atoms with Gasteiger partial charge in [0.15, 0.2) is 0 Å². The van der Waals surface area contributed by atoms with Crippen LogP contribution in [0.5, 0.6) is 5.75 Å². The van der Waals surface area contributed by atoms with E-state index in [9.17, 15) is 9.50 Å². The Balaban J connectivity index is 1.98. The summed E-state index contributed by atoms with van der Waals surface area (Å²) in [4.78, 5) is 0. The Morgan fingerprint density at radius 3 is 2.67 bits per heavy atom.